The quantitative estimate of drug-likeness (QED) is 0.222. The van der Waals surface area contributed by atoms with E-state index >= 15 is 0 Å². The maximum atomic E-state index is 13.7. The first kappa shape index (κ1) is 27.0. The van der Waals surface area contributed by atoms with E-state index in [1.54, 1.807) is 7.11 Å². The van der Waals surface area contributed by atoms with Gasteiger partial charge in [-0.05, 0) is 80.9 Å². The molecule has 4 aromatic rings. The second-order valence-electron chi connectivity index (χ2n) is 10.6. The van der Waals surface area contributed by atoms with Crippen molar-refractivity contribution >= 4 is 38.2 Å². The molecule has 1 heterocycles. The molecule has 0 spiro atoms. The Morgan fingerprint density at radius 3 is 2.46 bits per heavy atom. The van der Waals surface area contributed by atoms with Crippen molar-refractivity contribution in [3.63, 3.8) is 0 Å². The first-order valence-electron chi connectivity index (χ1n) is 13.7. The van der Waals surface area contributed by atoms with Crippen LogP contribution in [0.25, 0.3) is 10.8 Å². The van der Waals surface area contributed by atoms with E-state index in [1.807, 2.05) is 49.4 Å². The van der Waals surface area contributed by atoms with Crippen LogP contribution in [0.1, 0.15) is 48.3 Å². The number of hydrogen-bond acceptors (Lipinski definition) is 5. The number of nitrogens with zero attached hydrogens (tertiary/aromatic N) is 2. The van der Waals surface area contributed by atoms with Gasteiger partial charge in [0.05, 0.1) is 23.6 Å². The number of hydrogen-bond donors (Lipinski definition) is 0. The van der Waals surface area contributed by atoms with Gasteiger partial charge >= 0.3 is 0 Å². The van der Waals surface area contributed by atoms with Crippen LogP contribution in [-0.2, 0) is 11.4 Å². The summed E-state index contributed by atoms with van der Waals surface area (Å²) < 4.78 is 12.7. The minimum Gasteiger partial charge on any atom is -0.493 e. The van der Waals surface area contributed by atoms with Gasteiger partial charge in [-0.2, -0.15) is 5.26 Å². The van der Waals surface area contributed by atoms with Gasteiger partial charge in [-0.3, -0.25) is 9.79 Å². The van der Waals surface area contributed by atoms with Gasteiger partial charge in [-0.15, -0.1) is 0 Å². The first-order valence-corrected chi connectivity index (χ1v) is 14.5. The summed E-state index contributed by atoms with van der Waals surface area (Å²) in [7, 11) is 1.60. The third-order valence-electron chi connectivity index (χ3n) is 8.11. The van der Waals surface area contributed by atoms with E-state index in [0.29, 0.717) is 41.0 Å². The number of fused-ring (bicyclic) bond motifs is 1. The number of nitriles is 1. The zero-order valence-corrected chi connectivity index (χ0v) is 24.5. The van der Waals surface area contributed by atoms with E-state index in [1.165, 1.54) is 5.39 Å². The topological polar surface area (TPSA) is 71.7 Å². The molecular weight excluding hydrogens is 576 g/mol. The molecule has 4 aromatic carbocycles. The fourth-order valence-corrected chi connectivity index (χ4v) is 6.66. The Bertz CT molecular complexity index is 1750. The van der Waals surface area contributed by atoms with Gasteiger partial charge in [-0.1, -0.05) is 66.7 Å². The average molecular weight is 606 g/mol. The number of benzene rings is 4. The van der Waals surface area contributed by atoms with Crippen LogP contribution >= 0.6 is 15.9 Å². The van der Waals surface area contributed by atoms with Crippen molar-refractivity contribution in [3.05, 3.63) is 117 Å². The Morgan fingerprint density at radius 1 is 0.951 bits per heavy atom. The van der Waals surface area contributed by atoms with Crippen LogP contribution in [0.3, 0.4) is 0 Å². The molecule has 3 atom stereocenters. The normalized spacial score (nSPS) is 20.3. The summed E-state index contributed by atoms with van der Waals surface area (Å²) in [5, 5.41) is 12.5. The molecule has 6 heteroatoms. The van der Waals surface area contributed by atoms with E-state index in [4.69, 9.17) is 14.5 Å². The zero-order chi connectivity index (χ0) is 28.5. The maximum Gasteiger partial charge on any atom is 0.175 e. The van der Waals surface area contributed by atoms with Crippen LogP contribution in [0, 0.1) is 17.2 Å². The van der Waals surface area contributed by atoms with Crippen LogP contribution in [0.5, 0.6) is 11.5 Å². The number of halogens is 1. The summed E-state index contributed by atoms with van der Waals surface area (Å²) in [5.41, 5.74) is 5.16. The minimum atomic E-state index is -0.549. The fourth-order valence-electron chi connectivity index (χ4n) is 6.09. The predicted molar refractivity (Wildman–Crippen MR) is 164 cm³/mol. The third-order valence-corrected chi connectivity index (χ3v) is 8.70. The molecule has 3 unspecified atom stereocenters. The molecule has 0 fully saturated rings. The molecule has 0 N–H and O–H groups in total. The lowest BCUT2D eigenvalue weighted by Crippen LogP contribution is -2.32. The van der Waals surface area contributed by atoms with E-state index in [9.17, 15) is 10.1 Å². The molecule has 5 nitrogen and oxygen atoms in total. The molecule has 2 aliphatic rings. The van der Waals surface area contributed by atoms with Crippen molar-refractivity contribution in [1.82, 2.24) is 0 Å². The van der Waals surface area contributed by atoms with Crippen LogP contribution in [0.2, 0.25) is 0 Å². The summed E-state index contributed by atoms with van der Waals surface area (Å²) in [4.78, 5) is 18.5. The number of ketones is 1. The zero-order valence-electron chi connectivity index (χ0n) is 22.9. The molecule has 1 aliphatic heterocycles. The van der Waals surface area contributed by atoms with Crippen LogP contribution < -0.4 is 9.47 Å². The Morgan fingerprint density at radius 2 is 1.71 bits per heavy atom. The number of carbonyl (C=O) groups excluding carboxylic acids is 1. The van der Waals surface area contributed by atoms with E-state index < -0.39 is 11.8 Å². The second kappa shape index (κ2) is 11.3. The fraction of sp³-hybridized carbons (Fsp3) is 0.229. The predicted octanol–water partition coefficient (Wildman–Crippen LogP) is 8.29. The lowest BCUT2D eigenvalue weighted by molar-refractivity contribution is -0.116. The number of aliphatic imine (C=N–C) groups is 1. The number of Topliss-reactive ketones (excluding diaryl/α,β-unsaturated/α-hetero) is 1. The smallest absolute Gasteiger partial charge is 0.175 e. The number of carbonyl (C=O) groups is 1. The molecule has 0 bridgehead atoms. The Hall–Kier alpha value is -4.21. The number of methoxy groups -OCH3 is 1. The molecule has 1 aliphatic carbocycles. The molecule has 41 heavy (non-hydrogen) atoms. The largest absolute Gasteiger partial charge is 0.493 e. The van der Waals surface area contributed by atoms with Gasteiger partial charge in [0.1, 0.15) is 6.61 Å². The highest BCUT2D eigenvalue weighted by atomic mass is 79.9. The SMILES string of the molecule is COc1cc(C2C3=C(CC(c4ccccc4)CC3=O)N=C(C)C2C#N)cc(Br)c1OCc1ccc2ccccc2c1. The molecular formula is C35H29BrN2O3. The molecule has 0 aromatic heterocycles. The van der Waals surface area contributed by atoms with Gasteiger partial charge in [0.2, 0.25) is 0 Å². The molecule has 0 saturated carbocycles. The van der Waals surface area contributed by atoms with E-state index in [-0.39, 0.29) is 11.7 Å². The van der Waals surface area contributed by atoms with Gasteiger partial charge in [0.15, 0.2) is 17.3 Å². The highest BCUT2D eigenvalue weighted by Gasteiger charge is 2.41. The summed E-state index contributed by atoms with van der Waals surface area (Å²) in [6.45, 7) is 2.25. The summed E-state index contributed by atoms with van der Waals surface area (Å²) >= 11 is 3.70. The van der Waals surface area contributed by atoms with Crippen LogP contribution in [0.4, 0.5) is 0 Å². The molecule has 0 amide bonds. The van der Waals surface area contributed by atoms with Gasteiger partial charge in [0.25, 0.3) is 0 Å². The second-order valence-corrected chi connectivity index (χ2v) is 11.5. The highest BCUT2D eigenvalue weighted by molar-refractivity contribution is 9.10. The maximum absolute atomic E-state index is 13.7. The summed E-state index contributed by atoms with van der Waals surface area (Å²) in [6, 6.07) is 30.9. The van der Waals surface area contributed by atoms with Gasteiger partial charge in [-0.25, -0.2) is 0 Å². The van der Waals surface area contributed by atoms with Crippen molar-refractivity contribution in [2.75, 3.05) is 7.11 Å². The summed E-state index contributed by atoms with van der Waals surface area (Å²) in [6.07, 6.45) is 1.07. The molecule has 6 rings (SSSR count). The molecule has 204 valence electrons. The third kappa shape index (κ3) is 5.18. The highest BCUT2D eigenvalue weighted by Crippen LogP contribution is 2.49. The lowest BCUT2D eigenvalue weighted by Gasteiger charge is -2.35. The number of ether oxygens (including phenoxy) is 2. The first-order chi connectivity index (χ1) is 20.0. The monoisotopic (exact) mass is 604 g/mol. The number of rotatable bonds is 6. The Balaban J connectivity index is 1.34. The van der Waals surface area contributed by atoms with Gasteiger partial charge < -0.3 is 9.47 Å². The minimum absolute atomic E-state index is 0.0494. The molecule has 0 radical (unpaired) electrons. The van der Waals surface area contributed by atoms with E-state index in [2.05, 4.69) is 64.5 Å². The molecule has 0 saturated heterocycles. The lowest BCUT2D eigenvalue weighted by atomic mass is 9.69. The average Bonchev–Trinajstić information content (AvgIpc) is 2.99. The van der Waals surface area contributed by atoms with Crippen molar-refractivity contribution in [2.45, 2.75) is 38.2 Å². The van der Waals surface area contributed by atoms with Gasteiger partial charge in [0, 0.05) is 29.3 Å². The summed E-state index contributed by atoms with van der Waals surface area (Å²) in [5.74, 6) is 0.259. The number of allylic oxidation sites excluding steroid dienone is 2. The Labute approximate surface area is 248 Å². The Kier molecular flexibility index (Phi) is 7.47. The van der Waals surface area contributed by atoms with Crippen LogP contribution in [-0.4, -0.2) is 18.6 Å². The van der Waals surface area contributed by atoms with Crippen molar-refractivity contribution in [2.24, 2.45) is 10.9 Å². The van der Waals surface area contributed by atoms with Crippen molar-refractivity contribution in [3.8, 4) is 17.6 Å². The standard InChI is InChI=1S/C35H29BrN2O3/c1-21-28(19-37)33(34-30(38-21)16-26(17-31(34)39)23-8-4-3-5-9-23)27-15-29(36)35(32(18-27)40-2)41-20-22-12-13-24-10-6-7-11-25(24)14-22/h3-15,18,26,28,33H,16-17,20H2,1-2H3. The van der Waals surface area contributed by atoms with Crippen molar-refractivity contribution in [1.29, 1.82) is 5.26 Å². The van der Waals surface area contributed by atoms with Crippen LogP contribution in [0.15, 0.2) is 106 Å². The van der Waals surface area contributed by atoms with E-state index in [0.717, 1.165) is 33.5 Å². The van der Waals surface area contributed by atoms with Crippen molar-refractivity contribution < 1.29 is 14.3 Å².